The van der Waals surface area contributed by atoms with E-state index >= 15 is 0 Å². The molecule has 1 aromatic heterocycles. The molecule has 0 aliphatic carbocycles. The Labute approximate surface area is 178 Å². The number of thiocarbonyl (C=S) groups is 1. The van der Waals surface area contributed by atoms with Crippen LogP contribution in [0.4, 0.5) is 16.5 Å². The summed E-state index contributed by atoms with van der Waals surface area (Å²) >= 11 is 8.32. The molecule has 28 heavy (non-hydrogen) atoms. The third-order valence-corrected chi connectivity index (χ3v) is 5.98. The summed E-state index contributed by atoms with van der Waals surface area (Å²) in [5.74, 6) is -0.0397. The van der Waals surface area contributed by atoms with E-state index in [9.17, 15) is 4.79 Å². The molecule has 0 aliphatic rings. The van der Waals surface area contributed by atoms with Crippen molar-refractivity contribution in [3.63, 3.8) is 0 Å². The van der Waals surface area contributed by atoms with Gasteiger partial charge in [-0.3, -0.25) is 4.79 Å². The minimum absolute atomic E-state index is 0.0397. The quantitative estimate of drug-likeness (QED) is 0.343. The highest BCUT2D eigenvalue weighted by molar-refractivity contribution is 8.00. The van der Waals surface area contributed by atoms with Crippen molar-refractivity contribution < 1.29 is 4.79 Å². The van der Waals surface area contributed by atoms with Crippen LogP contribution in [0.1, 0.15) is 13.3 Å². The number of benzene rings is 2. The summed E-state index contributed by atoms with van der Waals surface area (Å²) in [7, 11) is 0. The fraction of sp³-hybridized carbons (Fsp3) is 0.150. The summed E-state index contributed by atoms with van der Waals surface area (Å²) < 4.78 is 0. The Balaban J connectivity index is 1.60. The Morgan fingerprint density at radius 2 is 1.86 bits per heavy atom. The number of aromatic nitrogens is 1. The summed E-state index contributed by atoms with van der Waals surface area (Å²) in [6.45, 7) is 2.00. The van der Waals surface area contributed by atoms with Crippen LogP contribution in [0.25, 0.3) is 0 Å². The first kappa shape index (κ1) is 20.3. The van der Waals surface area contributed by atoms with Gasteiger partial charge in [0.2, 0.25) is 5.91 Å². The largest absolute Gasteiger partial charge is 0.332 e. The molecule has 0 fully saturated rings. The molecule has 3 aromatic rings. The van der Waals surface area contributed by atoms with Crippen molar-refractivity contribution in [2.75, 3.05) is 16.0 Å². The van der Waals surface area contributed by atoms with E-state index in [1.165, 1.54) is 23.1 Å². The minimum atomic E-state index is -0.200. The van der Waals surface area contributed by atoms with Gasteiger partial charge in [-0.05, 0) is 49.0 Å². The number of nitrogens with one attached hydrogen (secondary N) is 3. The second-order valence-electron chi connectivity index (χ2n) is 5.81. The van der Waals surface area contributed by atoms with Crippen molar-refractivity contribution in [2.24, 2.45) is 0 Å². The molecule has 144 valence electrons. The number of para-hydroxylation sites is 1. The van der Waals surface area contributed by atoms with Crippen molar-refractivity contribution in [1.29, 1.82) is 0 Å². The number of anilines is 3. The first-order chi connectivity index (χ1) is 13.6. The maximum atomic E-state index is 12.5. The highest BCUT2D eigenvalue weighted by atomic mass is 32.2. The van der Waals surface area contributed by atoms with Crippen molar-refractivity contribution in [3.05, 3.63) is 66.2 Å². The number of carbonyl (C=O) groups excluding carboxylic acids is 1. The lowest BCUT2D eigenvalue weighted by Crippen LogP contribution is -2.24. The summed E-state index contributed by atoms with van der Waals surface area (Å²) in [5.41, 5.74) is 1.80. The van der Waals surface area contributed by atoms with Crippen LogP contribution in [0.15, 0.2) is 71.1 Å². The number of amides is 1. The molecule has 3 N–H and O–H groups in total. The molecule has 1 amide bonds. The number of hydrogen-bond acceptors (Lipinski definition) is 5. The Morgan fingerprint density at radius 1 is 1.11 bits per heavy atom. The van der Waals surface area contributed by atoms with Gasteiger partial charge in [-0.25, -0.2) is 4.98 Å². The predicted octanol–water partition coefficient (Wildman–Crippen LogP) is 5.46. The molecule has 0 spiro atoms. The van der Waals surface area contributed by atoms with Crippen LogP contribution < -0.4 is 16.0 Å². The highest BCUT2D eigenvalue weighted by Crippen LogP contribution is 2.28. The Bertz CT molecular complexity index is 916. The lowest BCUT2D eigenvalue weighted by Gasteiger charge is -2.15. The van der Waals surface area contributed by atoms with Crippen LogP contribution in [-0.2, 0) is 4.79 Å². The number of thioether (sulfide) groups is 1. The van der Waals surface area contributed by atoms with Crippen molar-refractivity contribution in [2.45, 2.75) is 23.5 Å². The van der Waals surface area contributed by atoms with E-state index in [1.807, 2.05) is 66.9 Å². The molecule has 0 saturated heterocycles. The first-order valence-corrected chi connectivity index (χ1v) is 10.9. The fourth-order valence-corrected chi connectivity index (χ4v) is 4.20. The topological polar surface area (TPSA) is 66.0 Å². The third-order valence-electron chi connectivity index (χ3n) is 3.73. The maximum absolute atomic E-state index is 12.5. The zero-order valence-corrected chi connectivity index (χ0v) is 17.7. The lowest BCUT2D eigenvalue weighted by molar-refractivity contribution is -0.115. The van der Waals surface area contributed by atoms with E-state index in [4.69, 9.17) is 12.2 Å². The second kappa shape index (κ2) is 10.2. The Kier molecular flexibility index (Phi) is 7.41. The van der Waals surface area contributed by atoms with E-state index in [0.717, 1.165) is 16.3 Å². The van der Waals surface area contributed by atoms with Crippen molar-refractivity contribution >= 4 is 62.8 Å². The van der Waals surface area contributed by atoms with Gasteiger partial charge in [0.15, 0.2) is 10.2 Å². The van der Waals surface area contributed by atoms with Gasteiger partial charge in [-0.15, -0.1) is 23.1 Å². The zero-order valence-electron chi connectivity index (χ0n) is 15.2. The molecule has 0 saturated carbocycles. The highest BCUT2D eigenvalue weighted by Gasteiger charge is 2.19. The maximum Gasteiger partial charge on any atom is 0.239 e. The smallest absolute Gasteiger partial charge is 0.239 e. The van der Waals surface area contributed by atoms with Crippen LogP contribution in [-0.4, -0.2) is 21.3 Å². The van der Waals surface area contributed by atoms with Crippen LogP contribution in [0.5, 0.6) is 0 Å². The van der Waals surface area contributed by atoms with Crippen LogP contribution >= 0.6 is 35.3 Å². The first-order valence-electron chi connectivity index (χ1n) is 8.74. The van der Waals surface area contributed by atoms with Gasteiger partial charge in [-0.2, -0.15) is 0 Å². The van der Waals surface area contributed by atoms with Gasteiger partial charge >= 0.3 is 0 Å². The van der Waals surface area contributed by atoms with E-state index in [-0.39, 0.29) is 11.2 Å². The molecule has 8 heteroatoms. The molecule has 2 aromatic carbocycles. The SMILES string of the molecule is CCC(Sc1cccc(NC(=S)Nc2ccccc2)c1)C(=O)Nc1nccs1. The van der Waals surface area contributed by atoms with Crippen LogP contribution in [0, 0.1) is 0 Å². The average Bonchev–Trinajstić information content (AvgIpc) is 3.20. The van der Waals surface area contributed by atoms with Gasteiger partial charge in [0.05, 0.1) is 5.25 Å². The number of hydrogen-bond donors (Lipinski definition) is 3. The molecule has 0 radical (unpaired) electrons. The predicted molar refractivity (Wildman–Crippen MR) is 123 cm³/mol. The molecule has 0 bridgehead atoms. The number of thiazole rings is 1. The normalized spacial score (nSPS) is 11.5. The number of carbonyl (C=O) groups is 1. The van der Waals surface area contributed by atoms with Gasteiger partial charge < -0.3 is 16.0 Å². The van der Waals surface area contributed by atoms with Crippen molar-refractivity contribution in [3.8, 4) is 0 Å². The molecule has 1 atom stereocenters. The summed E-state index contributed by atoms with van der Waals surface area (Å²) in [6.07, 6.45) is 2.39. The average molecular weight is 429 g/mol. The zero-order chi connectivity index (χ0) is 19.8. The van der Waals surface area contributed by atoms with Crippen LogP contribution in [0.3, 0.4) is 0 Å². The monoisotopic (exact) mass is 428 g/mol. The molecule has 1 heterocycles. The standard InChI is InChI=1S/C20H20N4OS3/c1-2-17(18(25)24-20-21-11-12-27-20)28-16-10-6-9-15(13-16)23-19(26)22-14-7-4-3-5-8-14/h3-13,17H,2H2,1H3,(H,21,24,25)(H2,22,23,26). The summed E-state index contributed by atoms with van der Waals surface area (Å²) in [6, 6.07) is 17.6. The Hall–Kier alpha value is -2.42. The van der Waals surface area contributed by atoms with Gasteiger partial charge in [0.25, 0.3) is 0 Å². The van der Waals surface area contributed by atoms with Crippen LogP contribution in [0.2, 0.25) is 0 Å². The molecule has 0 aliphatic heterocycles. The number of rotatable bonds is 7. The van der Waals surface area contributed by atoms with Gasteiger partial charge in [-0.1, -0.05) is 31.2 Å². The fourth-order valence-electron chi connectivity index (χ4n) is 2.42. The van der Waals surface area contributed by atoms with Crippen molar-refractivity contribution in [1.82, 2.24) is 4.98 Å². The third kappa shape index (κ3) is 6.05. The number of nitrogens with zero attached hydrogens (tertiary/aromatic N) is 1. The molecular formula is C20H20N4OS3. The summed E-state index contributed by atoms with van der Waals surface area (Å²) in [5, 5.41) is 12.0. The lowest BCUT2D eigenvalue weighted by atomic mass is 10.3. The minimum Gasteiger partial charge on any atom is -0.332 e. The second-order valence-corrected chi connectivity index (χ2v) is 8.39. The van der Waals surface area contributed by atoms with Gasteiger partial charge in [0.1, 0.15) is 0 Å². The van der Waals surface area contributed by atoms with E-state index in [0.29, 0.717) is 16.7 Å². The van der Waals surface area contributed by atoms with E-state index in [2.05, 4.69) is 20.9 Å². The molecular weight excluding hydrogens is 408 g/mol. The van der Waals surface area contributed by atoms with E-state index in [1.54, 1.807) is 6.20 Å². The molecule has 3 rings (SSSR count). The molecule has 5 nitrogen and oxygen atoms in total. The molecule has 1 unspecified atom stereocenters. The Morgan fingerprint density at radius 3 is 2.57 bits per heavy atom. The van der Waals surface area contributed by atoms with Gasteiger partial charge in [0, 0.05) is 27.8 Å². The van der Waals surface area contributed by atoms with E-state index < -0.39 is 0 Å². The summed E-state index contributed by atoms with van der Waals surface area (Å²) in [4.78, 5) is 17.6.